The SMILES string of the molecule is CCCN1C[C@@H](NC=O)C=C2c3cccc4[nH]c(C)c(c34)C[C@H]21. The van der Waals surface area contributed by atoms with Gasteiger partial charge in [0.05, 0.1) is 6.04 Å². The van der Waals surface area contributed by atoms with Gasteiger partial charge in [0.2, 0.25) is 6.41 Å². The highest BCUT2D eigenvalue weighted by atomic mass is 16.1. The maximum Gasteiger partial charge on any atom is 0.207 e. The van der Waals surface area contributed by atoms with Crippen molar-refractivity contribution in [3.05, 3.63) is 41.1 Å². The first kappa shape index (κ1) is 14.5. The minimum absolute atomic E-state index is 0.0992. The molecule has 2 N–H and O–H groups in total. The van der Waals surface area contributed by atoms with E-state index >= 15 is 0 Å². The second-order valence-electron chi connectivity index (χ2n) is 6.68. The third kappa shape index (κ3) is 2.20. The molecule has 120 valence electrons. The number of nitrogens with zero attached hydrogens (tertiary/aromatic N) is 1. The van der Waals surface area contributed by atoms with Crippen LogP contribution in [0.15, 0.2) is 24.3 Å². The Morgan fingerprint density at radius 3 is 3.09 bits per heavy atom. The van der Waals surface area contributed by atoms with Gasteiger partial charge in [0.15, 0.2) is 0 Å². The molecule has 0 unspecified atom stereocenters. The van der Waals surface area contributed by atoms with Crippen LogP contribution in [0.4, 0.5) is 0 Å². The predicted molar refractivity (Wildman–Crippen MR) is 93.4 cm³/mol. The molecule has 1 aromatic carbocycles. The van der Waals surface area contributed by atoms with Gasteiger partial charge in [0.25, 0.3) is 0 Å². The van der Waals surface area contributed by atoms with Gasteiger partial charge in [0, 0.05) is 29.2 Å². The Morgan fingerprint density at radius 2 is 2.30 bits per heavy atom. The second-order valence-corrected chi connectivity index (χ2v) is 6.68. The highest BCUT2D eigenvalue weighted by molar-refractivity contribution is 5.99. The van der Waals surface area contributed by atoms with E-state index in [1.165, 1.54) is 33.3 Å². The highest BCUT2D eigenvalue weighted by Crippen LogP contribution is 2.41. The number of carbonyl (C=O) groups is 1. The van der Waals surface area contributed by atoms with Crippen LogP contribution in [-0.4, -0.2) is 41.5 Å². The first-order valence-electron chi connectivity index (χ1n) is 8.49. The Balaban J connectivity index is 1.88. The fourth-order valence-corrected chi connectivity index (χ4v) is 4.32. The first-order chi connectivity index (χ1) is 11.2. The molecule has 1 aliphatic carbocycles. The quantitative estimate of drug-likeness (QED) is 0.853. The number of hydrogen-bond donors (Lipinski definition) is 2. The van der Waals surface area contributed by atoms with Gasteiger partial charge in [0.1, 0.15) is 0 Å². The third-order valence-electron chi connectivity index (χ3n) is 5.25. The number of aromatic nitrogens is 1. The minimum Gasteiger partial charge on any atom is -0.358 e. The highest BCUT2D eigenvalue weighted by Gasteiger charge is 2.35. The van der Waals surface area contributed by atoms with Crippen molar-refractivity contribution in [1.29, 1.82) is 0 Å². The number of aromatic amines is 1. The summed E-state index contributed by atoms with van der Waals surface area (Å²) in [6.45, 7) is 6.36. The zero-order valence-electron chi connectivity index (χ0n) is 13.7. The molecule has 2 aromatic rings. The molecule has 1 aromatic heterocycles. The fraction of sp³-hybridized carbons (Fsp3) is 0.421. The Labute approximate surface area is 136 Å². The molecule has 2 aliphatic rings. The summed E-state index contributed by atoms with van der Waals surface area (Å²) in [4.78, 5) is 17.0. The minimum atomic E-state index is 0.0992. The summed E-state index contributed by atoms with van der Waals surface area (Å²) >= 11 is 0. The van der Waals surface area contributed by atoms with E-state index in [0.29, 0.717) is 6.04 Å². The van der Waals surface area contributed by atoms with E-state index in [1.807, 2.05) is 0 Å². The Kier molecular flexibility index (Phi) is 3.49. The zero-order valence-corrected chi connectivity index (χ0v) is 13.7. The van der Waals surface area contributed by atoms with Crippen molar-refractivity contribution in [3.63, 3.8) is 0 Å². The summed E-state index contributed by atoms with van der Waals surface area (Å²) in [5, 5.41) is 4.33. The maximum absolute atomic E-state index is 10.9. The van der Waals surface area contributed by atoms with Gasteiger partial charge in [-0.1, -0.05) is 25.1 Å². The number of benzene rings is 1. The van der Waals surface area contributed by atoms with E-state index < -0.39 is 0 Å². The number of amides is 1. The Hall–Kier alpha value is -2.07. The standard InChI is InChI=1S/C19H23N3O/c1-3-7-22-10-13(20-11-23)8-16-14-5-4-6-17-19(14)15(9-18(16)22)12(2)21-17/h4-6,8,11,13,18,21H,3,7,9-10H2,1-2H3,(H,20,23)/t13-,18+/m0/s1. The Bertz CT molecular complexity index is 789. The molecule has 23 heavy (non-hydrogen) atoms. The van der Waals surface area contributed by atoms with Crippen LogP contribution in [0.5, 0.6) is 0 Å². The first-order valence-corrected chi connectivity index (χ1v) is 8.49. The molecule has 2 atom stereocenters. The van der Waals surface area contributed by atoms with Crippen LogP contribution < -0.4 is 5.32 Å². The van der Waals surface area contributed by atoms with E-state index in [4.69, 9.17) is 0 Å². The molecule has 4 nitrogen and oxygen atoms in total. The number of nitrogens with one attached hydrogen (secondary N) is 2. The zero-order chi connectivity index (χ0) is 16.0. The van der Waals surface area contributed by atoms with Gasteiger partial charge in [-0.2, -0.15) is 0 Å². The largest absolute Gasteiger partial charge is 0.358 e. The molecule has 2 heterocycles. The maximum atomic E-state index is 10.9. The average molecular weight is 309 g/mol. The molecule has 1 amide bonds. The molecule has 4 heteroatoms. The lowest BCUT2D eigenvalue weighted by molar-refractivity contribution is -0.110. The van der Waals surface area contributed by atoms with Crippen LogP contribution in [0.1, 0.15) is 30.2 Å². The lowest BCUT2D eigenvalue weighted by Gasteiger charge is -2.42. The van der Waals surface area contributed by atoms with Gasteiger partial charge < -0.3 is 10.3 Å². The van der Waals surface area contributed by atoms with Crippen molar-refractivity contribution in [2.75, 3.05) is 13.1 Å². The van der Waals surface area contributed by atoms with E-state index in [0.717, 1.165) is 32.3 Å². The number of carbonyl (C=O) groups excluding carboxylic acids is 1. The van der Waals surface area contributed by atoms with Crippen LogP contribution in [0.2, 0.25) is 0 Å². The van der Waals surface area contributed by atoms with Crippen molar-refractivity contribution in [2.45, 2.75) is 38.8 Å². The molecule has 0 saturated heterocycles. The summed E-state index contributed by atoms with van der Waals surface area (Å²) in [5.74, 6) is 0. The van der Waals surface area contributed by atoms with Gasteiger partial charge in [-0.15, -0.1) is 0 Å². The van der Waals surface area contributed by atoms with Gasteiger partial charge in [-0.05, 0) is 49.1 Å². The lowest BCUT2D eigenvalue weighted by atomic mass is 9.80. The van der Waals surface area contributed by atoms with Crippen LogP contribution >= 0.6 is 0 Å². The molecular formula is C19H23N3O. The van der Waals surface area contributed by atoms with Crippen molar-refractivity contribution >= 4 is 22.9 Å². The van der Waals surface area contributed by atoms with Gasteiger partial charge in [-0.25, -0.2) is 0 Å². The van der Waals surface area contributed by atoms with Crippen LogP contribution in [0.3, 0.4) is 0 Å². The second kappa shape index (κ2) is 5.53. The topological polar surface area (TPSA) is 48.1 Å². The third-order valence-corrected chi connectivity index (χ3v) is 5.25. The lowest BCUT2D eigenvalue weighted by Crippen LogP contribution is -2.50. The summed E-state index contributed by atoms with van der Waals surface area (Å²) < 4.78 is 0. The number of rotatable bonds is 4. The van der Waals surface area contributed by atoms with Crippen molar-refractivity contribution in [1.82, 2.24) is 15.2 Å². The number of H-pyrrole nitrogens is 1. The number of hydrogen-bond acceptors (Lipinski definition) is 2. The fourth-order valence-electron chi connectivity index (χ4n) is 4.32. The predicted octanol–water partition coefficient (Wildman–Crippen LogP) is 2.62. The normalized spacial score (nSPS) is 23.5. The summed E-state index contributed by atoms with van der Waals surface area (Å²) in [5.41, 5.74) is 6.68. The van der Waals surface area contributed by atoms with Crippen LogP contribution in [0, 0.1) is 6.92 Å². The summed E-state index contributed by atoms with van der Waals surface area (Å²) in [6, 6.07) is 7.03. The summed E-state index contributed by atoms with van der Waals surface area (Å²) in [6.07, 6.45) is 5.27. The molecule has 0 bridgehead atoms. The van der Waals surface area contributed by atoms with E-state index in [1.54, 1.807) is 0 Å². The molecule has 0 saturated carbocycles. The van der Waals surface area contributed by atoms with Gasteiger partial charge in [-0.3, -0.25) is 9.69 Å². The van der Waals surface area contributed by atoms with E-state index in [-0.39, 0.29) is 6.04 Å². The van der Waals surface area contributed by atoms with Crippen molar-refractivity contribution in [2.24, 2.45) is 0 Å². The van der Waals surface area contributed by atoms with Crippen LogP contribution in [-0.2, 0) is 11.2 Å². The average Bonchev–Trinajstić information content (AvgIpc) is 2.86. The van der Waals surface area contributed by atoms with Gasteiger partial charge >= 0.3 is 0 Å². The smallest absolute Gasteiger partial charge is 0.207 e. The molecule has 1 aliphatic heterocycles. The van der Waals surface area contributed by atoms with E-state index in [2.05, 4.69) is 53.3 Å². The van der Waals surface area contributed by atoms with Crippen molar-refractivity contribution < 1.29 is 4.79 Å². The van der Waals surface area contributed by atoms with Crippen LogP contribution in [0.25, 0.3) is 16.5 Å². The Morgan fingerprint density at radius 1 is 1.43 bits per heavy atom. The molecule has 0 spiro atoms. The molecule has 4 rings (SSSR count). The van der Waals surface area contributed by atoms with Crippen molar-refractivity contribution in [3.8, 4) is 0 Å². The molecule has 0 fully saturated rings. The summed E-state index contributed by atoms with van der Waals surface area (Å²) in [7, 11) is 0. The van der Waals surface area contributed by atoms with E-state index in [9.17, 15) is 4.79 Å². The number of fused-ring (bicyclic) bond motifs is 2. The monoisotopic (exact) mass is 309 g/mol. The molecular weight excluding hydrogens is 286 g/mol. The number of aryl methyl sites for hydroxylation is 1. The molecule has 0 radical (unpaired) electrons.